The van der Waals surface area contributed by atoms with Crippen molar-refractivity contribution in [1.29, 1.82) is 0 Å². The first-order valence-corrected chi connectivity index (χ1v) is 11.4. The van der Waals surface area contributed by atoms with Crippen molar-refractivity contribution in [3.8, 4) is 0 Å². The van der Waals surface area contributed by atoms with Crippen LogP contribution >= 0.6 is 0 Å². The molecule has 9 heteroatoms. The molecule has 0 fully saturated rings. The zero-order valence-electron chi connectivity index (χ0n) is 17.9. The molecule has 0 heterocycles. The van der Waals surface area contributed by atoms with Gasteiger partial charge in [-0.3, -0.25) is 9.08 Å². The van der Waals surface area contributed by atoms with Gasteiger partial charge in [-0.1, -0.05) is 78.0 Å². The van der Waals surface area contributed by atoms with E-state index in [1.165, 1.54) is 30.3 Å². The summed E-state index contributed by atoms with van der Waals surface area (Å²) in [5, 5.41) is 4.43. The van der Waals surface area contributed by atoms with Crippen LogP contribution in [-0.4, -0.2) is 25.4 Å². The molecule has 0 aromatic heterocycles. The van der Waals surface area contributed by atoms with Gasteiger partial charge in [-0.15, -0.1) is 13.2 Å². The number of carbonyl (C=O) groups is 1. The van der Waals surface area contributed by atoms with E-state index >= 15 is 0 Å². The van der Waals surface area contributed by atoms with Crippen molar-refractivity contribution in [3.63, 3.8) is 0 Å². The highest BCUT2D eigenvalue weighted by Crippen LogP contribution is 2.28. The lowest BCUT2D eigenvalue weighted by Crippen LogP contribution is -2.25. The topological polar surface area (TPSA) is 72.8 Å². The fourth-order valence-electron chi connectivity index (χ4n) is 3.36. The SMILES string of the molecule is C=CCc1ccc2c(C(=O)/C(=N/OS(=O)(=O)C(F)(F)F)c3ccccc3)ccc(CC=C)c2c1. The number of hydrogen-bond acceptors (Lipinski definition) is 5. The Hall–Kier alpha value is -3.72. The van der Waals surface area contributed by atoms with Crippen LogP contribution in [0.3, 0.4) is 0 Å². The standard InChI is InChI=1S/C25H20F3NO4S/c1-3-8-17-12-14-20-21(15-13-18(9-4-2)22(20)16-17)24(30)23(19-10-6-5-7-11-19)29-33-34(31,32)25(26,27)28/h3-7,10-16H,1-2,8-9H2/b29-23+. The number of halogens is 3. The van der Waals surface area contributed by atoms with Crippen molar-refractivity contribution < 1.29 is 30.7 Å². The maximum Gasteiger partial charge on any atom is 0.536 e. The number of oxime groups is 1. The van der Waals surface area contributed by atoms with Crippen molar-refractivity contribution in [2.24, 2.45) is 5.16 Å². The minimum Gasteiger partial charge on any atom is -0.287 e. The average molecular weight is 487 g/mol. The van der Waals surface area contributed by atoms with E-state index < -0.39 is 27.1 Å². The van der Waals surface area contributed by atoms with E-state index in [1.54, 1.807) is 30.4 Å². The number of fused-ring (bicyclic) bond motifs is 1. The zero-order valence-corrected chi connectivity index (χ0v) is 18.7. The molecule has 0 aliphatic rings. The zero-order chi connectivity index (χ0) is 24.9. The first-order valence-electron chi connectivity index (χ1n) is 10.0. The van der Waals surface area contributed by atoms with E-state index in [4.69, 9.17) is 0 Å². The monoisotopic (exact) mass is 487 g/mol. The van der Waals surface area contributed by atoms with Crippen molar-refractivity contribution >= 4 is 32.4 Å². The molecule has 0 amide bonds. The van der Waals surface area contributed by atoms with Crippen LogP contribution in [0.15, 0.2) is 91.1 Å². The summed E-state index contributed by atoms with van der Waals surface area (Å²) in [4.78, 5) is 13.5. The van der Waals surface area contributed by atoms with E-state index in [2.05, 4.69) is 22.6 Å². The normalized spacial score (nSPS) is 12.4. The summed E-state index contributed by atoms with van der Waals surface area (Å²) in [6.07, 6.45) is 4.57. The summed E-state index contributed by atoms with van der Waals surface area (Å²) < 4.78 is 64.9. The predicted molar refractivity (Wildman–Crippen MR) is 125 cm³/mol. The third-order valence-electron chi connectivity index (χ3n) is 4.93. The van der Waals surface area contributed by atoms with E-state index in [9.17, 15) is 26.4 Å². The molecule has 176 valence electrons. The van der Waals surface area contributed by atoms with Crippen molar-refractivity contribution in [1.82, 2.24) is 0 Å². The second kappa shape index (κ2) is 10.0. The quantitative estimate of drug-likeness (QED) is 0.127. The van der Waals surface area contributed by atoms with Gasteiger partial charge >= 0.3 is 15.6 Å². The largest absolute Gasteiger partial charge is 0.536 e. The molecule has 0 aliphatic heterocycles. The van der Waals surface area contributed by atoms with Gasteiger partial charge in [0.25, 0.3) is 0 Å². The summed E-state index contributed by atoms with van der Waals surface area (Å²) in [6, 6.07) is 16.2. The first kappa shape index (κ1) is 24.9. The minimum absolute atomic E-state index is 0.0940. The number of benzene rings is 3. The fourth-order valence-corrected chi connectivity index (χ4v) is 3.62. The van der Waals surface area contributed by atoms with Crippen LogP contribution in [0.5, 0.6) is 0 Å². The Bertz CT molecular complexity index is 1380. The highest BCUT2D eigenvalue weighted by atomic mass is 32.2. The highest BCUT2D eigenvalue weighted by Gasteiger charge is 2.49. The lowest BCUT2D eigenvalue weighted by atomic mass is 9.91. The predicted octanol–water partition coefficient (Wildman–Crippen LogP) is 5.75. The Morgan fingerprint density at radius 3 is 2.24 bits per heavy atom. The van der Waals surface area contributed by atoms with E-state index in [0.717, 1.165) is 16.5 Å². The molecule has 0 saturated heterocycles. The first-order chi connectivity index (χ1) is 16.1. The number of Topliss-reactive ketones (excluding diaryl/α,β-unsaturated/α-hetero) is 1. The molecular formula is C25H20F3NO4S. The number of alkyl halides is 3. The van der Waals surface area contributed by atoms with Gasteiger partial charge in [0.15, 0.2) is 5.71 Å². The fraction of sp³-hybridized carbons (Fsp3) is 0.120. The molecule has 0 saturated carbocycles. The Morgan fingerprint density at radius 1 is 0.941 bits per heavy atom. The van der Waals surface area contributed by atoms with Crippen LogP contribution in [0.2, 0.25) is 0 Å². The molecule has 0 N–H and O–H groups in total. The van der Waals surface area contributed by atoms with Gasteiger partial charge in [-0.2, -0.15) is 21.6 Å². The second-order valence-electron chi connectivity index (χ2n) is 7.25. The number of hydrogen-bond donors (Lipinski definition) is 0. The maximum atomic E-state index is 13.5. The number of carbonyl (C=O) groups excluding carboxylic acids is 1. The van der Waals surface area contributed by atoms with Gasteiger partial charge in [-0.25, -0.2) is 0 Å². The summed E-state index contributed by atoms with van der Waals surface area (Å²) in [6.45, 7) is 7.47. The molecule has 0 spiro atoms. The highest BCUT2D eigenvalue weighted by molar-refractivity contribution is 7.87. The smallest absolute Gasteiger partial charge is 0.287 e. The lowest BCUT2D eigenvalue weighted by molar-refractivity contribution is -0.0540. The van der Waals surface area contributed by atoms with Gasteiger partial charge in [-0.05, 0) is 34.7 Å². The third-order valence-corrected chi connectivity index (χ3v) is 5.77. The molecule has 3 rings (SSSR count). The number of rotatable bonds is 9. The Kier molecular flexibility index (Phi) is 7.36. The van der Waals surface area contributed by atoms with Gasteiger partial charge in [0.1, 0.15) is 0 Å². The Labute approximate surface area is 195 Å². The molecule has 0 unspecified atom stereocenters. The van der Waals surface area contributed by atoms with Crippen molar-refractivity contribution in [2.75, 3.05) is 0 Å². The lowest BCUT2D eigenvalue weighted by Gasteiger charge is -2.13. The number of allylic oxidation sites excluding steroid dienone is 2. The average Bonchev–Trinajstić information content (AvgIpc) is 2.79. The summed E-state index contributed by atoms with van der Waals surface area (Å²) in [7, 11) is -6.05. The van der Waals surface area contributed by atoms with Gasteiger partial charge < -0.3 is 0 Å². The van der Waals surface area contributed by atoms with Crippen LogP contribution in [0.25, 0.3) is 10.8 Å². The van der Waals surface area contributed by atoms with Gasteiger partial charge in [0.05, 0.1) is 0 Å². The minimum atomic E-state index is -6.05. The molecule has 3 aromatic rings. The second-order valence-corrected chi connectivity index (χ2v) is 8.77. The van der Waals surface area contributed by atoms with Crippen LogP contribution in [-0.2, 0) is 27.2 Å². The Morgan fingerprint density at radius 2 is 1.62 bits per heavy atom. The third kappa shape index (κ3) is 5.26. The maximum absolute atomic E-state index is 13.5. The van der Waals surface area contributed by atoms with Crippen molar-refractivity contribution in [3.05, 3.63) is 108 Å². The molecule has 34 heavy (non-hydrogen) atoms. The van der Waals surface area contributed by atoms with E-state index in [0.29, 0.717) is 18.2 Å². The molecule has 3 aromatic carbocycles. The number of nitrogens with zero attached hydrogens (tertiary/aromatic N) is 1. The van der Waals surface area contributed by atoms with Crippen LogP contribution in [0, 0.1) is 0 Å². The van der Waals surface area contributed by atoms with E-state index in [-0.39, 0.29) is 11.1 Å². The van der Waals surface area contributed by atoms with Crippen LogP contribution in [0.1, 0.15) is 27.0 Å². The van der Waals surface area contributed by atoms with Crippen LogP contribution in [0.4, 0.5) is 13.2 Å². The molecule has 0 atom stereocenters. The molecular weight excluding hydrogens is 467 g/mol. The van der Waals surface area contributed by atoms with E-state index in [1.807, 2.05) is 12.1 Å². The summed E-state index contributed by atoms with van der Waals surface area (Å²) in [5.41, 5.74) is -4.21. The molecule has 5 nitrogen and oxygen atoms in total. The van der Waals surface area contributed by atoms with Crippen molar-refractivity contribution in [2.45, 2.75) is 18.3 Å². The van der Waals surface area contributed by atoms with Gasteiger partial charge in [0, 0.05) is 11.1 Å². The molecule has 0 bridgehead atoms. The molecule has 0 radical (unpaired) electrons. The summed E-state index contributed by atoms with van der Waals surface area (Å²) in [5.74, 6) is -0.796. The van der Waals surface area contributed by atoms with Gasteiger partial charge in [0.2, 0.25) is 5.78 Å². The number of ketones is 1. The Balaban J connectivity index is 2.19. The van der Waals surface area contributed by atoms with Crippen LogP contribution < -0.4 is 0 Å². The summed E-state index contributed by atoms with van der Waals surface area (Å²) >= 11 is 0. The molecule has 0 aliphatic carbocycles.